The van der Waals surface area contributed by atoms with Crippen molar-refractivity contribution in [3.05, 3.63) is 48.3 Å². The fraction of sp³-hybridized carbons (Fsp3) is 0.409. The third-order valence-corrected chi connectivity index (χ3v) is 6.44. The predicted molar refractivity (Wildman–Crippen MR) is 109 cm³/mol. The molecule has 2 aromatic heterocycles. The van der Waals surface area contributed by atoms with E-state index in [1.807, 2.05) is 43.3 Å². The largest absolute Gasteiger partial charge is 0.328 e. The van der Waals surface area contributed by atoms with E-state index in [9.17, 15) is 4.79 Å². The molecule has 144 valence electrons. The molecule has 0 aliphatic carbocycles. The lowest BCUT2D eigenvalue weighted by atomic mass is 9.82. The van der Waals surface area contributed by atoms with E-state index in [0.717, 1.165) is 61.2 Å². The number of aryl methyl sites for hydroxylation is 1. The number of para-hydroxylation sites is 1. The van der Waals surface area contributed by atoms with Crippen LogP contribution in [0.1, 0.15) is 25.5 Å². The summed E-state index contributed by atoms with van der Waals surface area (Å²) < 4.78 is 2.14. The lowest BCUT2D eigenvalue weighted by molar-refractivity contribution is 0.172. The van der Waals surface area contributed by atoms with E-state index in [0.29, 0.717) is 0 Å². The van der Waals surface area contributed by atoms with Crippen LogP contribution in [0.3, 0.4) is 0 Å². The molecule has 1 spiro atoms. The summed E-state index contributed by atoms with van der Waals surface area (Å²) in [6.45, 7) is 5.28. The van der Waals surface area contributed by atoms with E-state index in [4.69, 9.17) is 5.10 Å². The van der Waals surface area contributed by atoms with Gasteiger partial charge in [-0.2, -0.15) is 5.10 Å². The van der Waals surface area contributed by atoms with Crippen LogP contribution in [0, 0.1) is 0 Å². The van der Waals surface area contributed by atoms with Crippen molar-refractivity contribution in [2.75, 3.05) is 26.7 Å². The first-order chi connectivity index (χ1) is 13.6. The van der Waals surface area contributed by atoms with Gasteiger partial charge in [0.25, 0.3) is 0 Å². The number of hydrogen-bond acceptors (Lipinski definition) is 3. The fourth-order valence-corrected chi connectivity index (χ4v) is 4.64. The highest BCUT2D eigenvalue weighted by atomic mass is 16.2. The van der Waals surface area contributed by atoms with Crippen molar-refractivity contribution in [1.29, 1.82) is 0 Å². The number of aromatic nitrogens is 3. The molecule has 1 saturated heterocycles. The zero-order valence-corrected chi connectivity index (χ0v) is 16.4. The monoisotopic (exact) mass is 375 g/mol. The number of urea groups is 1. The molecule has 5 rings (SSSR count). The summed E-state index contributed by atoms with van der Waals surface area (Å²) in [6.07, 6.45) is 3.98. The molecule has 28 heavy (non-hydrogen) atoms. The molecule has 2 aliphatic rings. The highest BCUT2D eigenvalue weighted by molar-refractivity contribution is 5.82. The summed E-state index contributed by atoms with van der Waals surface area (Å²) in [5.74, 6) is 0. The summed E-state index contributed by atoms with van der Waals surface area (Å²) in [7, 11) is 1.87. The minimum atomic E-state index is 0.0414. The summed E-state index contributed by atoms with van der Waals surface area (Å²) in [5.41, 5.74) is 4.33. The number of hydrogen-bond donors (Lipinski definition) is 0. The predicted octanol–water partition coefficient (Wildman–Crippen LogP) is 3.52. The van der Waals surface area contributed by atoms with Crippen LogP contribution in [0.25, 0.3) is 22.2 Å². The Balaban J connectivity index is 1.45. The second-order valence-electron chi connectivity index (χ2n) is 8.05. The van der Waals surface area contributed by atoms with Crippen molar-refractivity contribution in [3.8, 4) is 11.3 Å². The molecule has 1 fully saturated rings. The molecule has 1 atom stereocenters. The van der Waals surface area contributed by atoms with Crippen molar-refractivity contribution in [2.24, 2.45) is 0 Å². The fourth-order valence-electron chi connectivity index (χ4n) is 4.64. The quantitative estimate of drug-likeness (QED) is 0.689. The van der Waals surface area contributed by atoms with Crippen molar-refractivity contribution < 1.29 is 4.79 Å². The molecule has 3 aromatic rings. The Bertz CT molecular complexity index is 1060. The second-order valence-corrected chi connectivity index (χ2v) is 8.05. The van der Waals surface area contributed by atoms with Crippen LogP contribution in [0.2, 0.25) is 0 Å². The molecule has 0 saturated carbocycles. The van der Waals surface area contributed by atoms with Gasteiger partial charge in [-0.25, -0.2) is 4.79 Å². The Morgan fingerprint density at radius 1 is 1.21 bits per heavy atom. The van der Waals surface area contributed by atoms with Crippen molar-refractivity contribution in [2.45, 2.75) is 31.7 Å². The molecule has 6 nitrogen and oxygen atoms in total. The number of pyridine rings is 1. The first-order valence-electron chi connectivity index (χ1n) is 10.0. The van der Waals surface area contributed by atoms with Crippen LogP contribution in [0.5, 0.6) is 0 Å². The van der Waals surface area contributed by atoms with Gasteiger partial charge in [-0.05, 0) is 38.0 Å². The molecular formula is C22H25N5O. The molecule has 1 aromatic carbocycles. The van der Waals surface area contributed by atoms with E-state index in [2.05, 4.69) is 27.9 Å². The Labute approximate surface area is 164 Å². The normalized spacial score (nSPS) is 20.9. The molecule has 2 amide bonds. The number of benzene rings is 1. The van der Waals surface area contributed by atoms with Gasteiger partial charge in [0.15, 0.2) is 0 Å². The van der Waals surface area contributed by atoms with E-state index in [-0.39, 0.29) is 11.4 Å². The van der Waals surface area contributed by atoms with Gasteiger partial charge in [0, 0.05) is 61.5 Å². The van der Waals surface area contributed by atoms with Crippen LogP contribution in [-0.2, 0) is 12.0 Å². The Morgan fingerprint density at radius 3 is 2.89 bits per heavy atom. The van der Waals surface area contributed by atoms with Gasteiger partial charge in [-0.15, -0.1) is 0 Å². The van der Waals surface area contributed by atoms with Gasteiger partial charge in [0.05, 0.1) is 11.2 Å². The zero-order chi connectivity index (χ0) is 19.3. The smallest absolute Gasteiger partial charge is 0.319 e. The summed E-state index contributed by atoms with van der Waals surface area (Å²) >= 11 is 0. The Kier molecular flexibility index (Phi) is 3.89. The van der Waals surface area contributed by atoms with Crippen LogP contribution >= 0.6 is 0 Å². The van der Waals surface area contributed by atoms with Crippen molar-refractivity contribution in [1.82, 2.24) is 24.6 Å². The average molecular weight is 375 g/mol. The zero-order valence-electron chi connectivity index (χ0n) is 16.4. The van der Waals surface area contributed by atoms with Crippen LogP contribution < -0.4 is 0 Å². The van der Waals surface area contributed by atoms with Crippen LogP contribution in [0.15, 0.2) is 42.6 Å². The number of rotatable bonds is 2. The molecule has 6 heteroatoms. The number of carbonyl (C=O) groups is 1. The molecule has 0 N–H and O–H groups in total. The maximum atomic E-state index is 12.6. The number of nitrogens with zero attached hydrogens (tertiary/aromatic N) is 5. The Morgan fingerprint density at radius 2 is 2.04 bits per heavy atom. The maximum Gasteiger partial charge on any atom is 0.319 e. The number of amides is 2. The Hall–Kier alpha value is -2.89. The number of carbonyl (C=O) groups excluding carboxylic acids is 1. The van der Waals surface area contributed by atoms with Gasteiger partial charge in [0.2, 0.25) is 0 Å². The first-order valence-corrected chi connectivity index (χ1v) is 10.0. The van der Waals surface area contributed by atoms with Gasteiger partial charge < -0.3 is 9.80 Å². The van der Waals surface area contributed by atoms with Gasteiger partial charge in [-0.1, -0.05) is 18.2 Å². The van der Waals surface area contributed by atoms with E-state index in [1.54, 1.807) is 4.90 Å². The van der Waals surface area contributed by atoms with E-state index < -0.39 is 0 Å². The topological polar surface area (TPSA) is 54.3 Å². The summed E-state index contributed by atoms with van der Waals surface area (Å²) in [4.78, 5) is 21.0. The standard InChI is InChI=1S/C22H25N5O/c1-3-25(2)21(28)26-10-8-22(15-26)9-11-27-20(22)13-19(24-27)17-12-16-6-4-5-7-18(16)23-14-17/h4-7,12-14H,3,8-11,15H2,1-2H3. The third-order valence-electron chi connectivity index (χ3n) is 6.44. The summed E-state index contributed by atoms with van der Waals surface area (Å²) in [6, 6.07) is 12.7. The highest BCUT2D eigenvalue weighted by Crippen LogP contribution is 2.44. The highest BCUT2D eigenvalue weighted by Gasteiger charge is 2.47. The minimum absolute atomic E-state index is 0.0414. The first kappa shape index (κ1) is 17.2. The van der Waals surface area contributed by atoms with E-state index >= 15 is 0 Å². The molecule has 0 radical (unpaired) electrons. The molecule has 2 aliphatic heterocycles. The molecule has 1 unspecified atom stereocenters. The van der Waals surface area contributed by atoms with Gasteiger partial charge in [0.1, 0.15) is 0 Å². The SMILES string of the molecule is CCN(C)C(=O)N1CCC2(CCn3nc(-c4cnc5ccccc5c4)cc32)C1. The molecule has 0 bridgehead atoms. The van der Waals surface area contributed by atoms with Crippen LogP contribution in [-0.4, -0.2) is 57.3 Å². The average Bonchev–Trinajstić information content (AvgIpc) is 3.43. The lowest BCUT2D eigenvalue weighted by Crippen LogP contribution is -2.41. The van der Waals surface area contributed by atoms with Gasteiger partial charge in [-0.3, -0.25) is 9.67 Å². The van der Waals surface area contributed by atoms with Crippen molar-refractivity contribution >= 4 is 16.9 Å². The third kappa shape index (κ3) is 2.58. The lowest BCUT2D eigenvalue weighted by Gasteiger charge is -2.26. The maximum absolute atomic E-state index is 12.6. The van der Waals surface area contributed by atoms with Crippen LogP contribution in [0.4, 0.5) is 4.79 Å². The van der Waals surface area contributed by atoms with Crippen molar-refractivity contribution in [3.63, 3.8) is 0 Å². The van der Waals surface area contributed by atoms with E-state index in [1.165, 1.54) is 5.69 Å². The number of fused-ring (bicyclic) bond motifs is 3. The van der Waals surface area contributed by atoms with Gasteiger partial charge >= 0.3 is 6.03 Å². The number of likely N-dealkylation sites (tertiary alicyclic amines) is 1. The second kappa shape index (κ2) is 6.33. The molecular weight excluding hydrogens is 350 g/mol. The molecule has 4 heterocycles. The minimum Gasteiger partial charge on any atom is -0.328 e. The summed E-state index contributed by atoms with van der Waals surface area (Å²) in [5, 5.41) is 6.00.